The van der Waals surface area contributed by atoms with Crippen molar-refractivity contribution in [2.75, 3.05) is 24.0 Å². The quantitative estimate of drug-likeness (QED) is 0.864. The Bertz CT molecular complexity index is 519. The van der Waals surface area contributed by atoms with Crippen molar-refractivity contribution >= 4 is 17.3 Å². The lowest BCUT2D eigenvalue weighted by molar-refractivity contribution is -0.174. The van der Waals surface area contributed by atoms with Crippen LogP contribution in [0.2, 0.25) is 0 Å². The van der Waals surface area contributed by atoms with E-state index in [-0.39, 0.29) is 0 Å². The van der Waals surface area contributed by atoms with Crippen molar-refractivity contribution in [3.05, 3.63) is 18.2 Å². The first kappa shape index (κ1) is 14.4. The number of fused-ring (bicyclic) bond motifs is 1. The summed E-state index contributed by atoms with van der Waals surface area (Å²) in [6, 6.07) is 4.54. The number of nitrogen functional groups attached to an aromatic ring is 1. The van der Waals surface area contributed by atoms with Crippen LogP contribution in [0.15, 0.2) is 18.2 Å². The number of rotatable bonds is 3. The maximum absolute atomic E-state index is 12.1. The van der Waals surface area contributed by atoms with Crippen molar-refractivity contribution in [3.63, 3.8) is 0 Å². The number of hydrogen-bond acceptors (Lipinski definition) is 4. The van der Waals surface area contributed by atoms with Gasteiger partial charge in [-0.15, -0.1) is 0 Å². The highest BCUT2D eigenvalue weighted by Gasteiger charge is 2.33. The molecule has 1 aliphatic heterocycles. The smallest absolute Gasteiger partial charge is 0.411 e. The zero-order chi connectivity index (χ0) is 14.9. The summed E-state index contributed by atoms with van der Waals surface area (Å²) in [5, 5.41) is 0. The molecule has 0 saturated carbocycles. The number of halogens is 3. The summed E-state index contributed by atoms with van der Waals surface area (Å²) in [6.07, 6.45) is -5.25. The minimum absolute atomic E-state index is 0.337. The standard InChI is InChI=1S/C12H13F3N2O3/c1-7-11(18)17(6-19-5-12(13,14)15)9-3-2-8(16)4-10(9)20-7/h2-4,7H,5-6,16H2,1H3. The van der Waals surface area contributed by atoms with Crippen LogP contribution >= 0.6 is 0 Å². The molecule has 0 aliphatic carbocycles. The van der Waals surface area contributed by atoms with Crippen molar-refractivity contribution in [2.24, 2.45) is 0 Å². The molecule has 1 atom stereocenters. The molecule has 0 aromatic heterocycles. The molecule has 110 valence electrons. The van der Waals surface area contributed by atoms with E-state index in [9.17, 15) is 18.0 Å². The van der Waals surface area contributed by atoms with Gasteiger partial charge in [-0.3, -0.25) is 9.69 Å². The van der Waals surface area contributed by atoms with E-state index in [1.54, 1.807) is 0 Å². The number of ether oxygens (including phenoxy) is 2. The van der Waals surface area contributed by atoms with Gasteiger partial charge in [-0.2, -0.15) is 13.2 Å². The Balaban J connectivity index is 2.17. The number of alkyl halides is 3. The van der Waals surface area contributed by atoms with E-state index >= 15 is 0 Å². The number of carbonyl (C=O) groups is 1. The Hall–Kier alpha value is -1.96. The van der Waals surface area contributed by atoms with E-state index in [2.05, 4.69) is 4.74 Å². The van der Waals surface area contributed by atoms with Gasteiger partial charge in [0.05, 0.1) is 5.69 Å². The Morgan fingerprint density at radius 2 is 2.15 bits per heavy atom. The minimum Gasteiger partial charge on any atom is -0.479 e. The van der Waals surface area contributed by atoms with Crippen LogP contribution in [0, 0.1) is 0 Å². The van der Waals surface area contributed by atoms with Crippen molar-refractivity contribution in [1.82, 2.24) is 0 Å². The van der Waals surface area contributed by atoms with Crippen LogP contribution in [0.25, 0.3) is 0 Å². The Kier molecular flexibility index (Phi) is 3.76. The number of carbonyl (C=O) groups excluding carboxylic acids is 1. The lowest BCUT2D eigenvalue weighted by Crippen LogP contribution is -2.46. The van der Waals surface area contributed by atoms with Gasteiger partial charge in [0.25, 0.3) is 5.91 Å². The van der Waals surface area contributed by atoms with Crippen LogP contribution in [0.1, 0.15) is 6.92 Å². The van der Waals surface area contributed by atoms with Gasteiger partial charge >= 0.3 is 6.18 Å². The van der Waals surface area contributed by atoms with Crippen LogP contribution in [0.5, 0.6) is 5.75 Å². The number of anilines is 2. The second kappa shape index (κ2) is 5.20. The molecule has 1 unspecified atom stereocenters. The normalized spacial score (nSPS) is 18.7. The second-order valence-corrected chi connectivity index (χ2v) is 4.35. The molecule has 20 heavy (non-hydrogen) atoms. The molecule has 0 spiro atoms. The Labute approximate surface area is 113 Å². The molecule has 1 heterocycles. The fourth-order valence-electron chi connectivity index (χ4n) is 1.81. The maximum Gasteiger partial charge on any atom is 0.411 e. The molecule has 0 bridgehead atoms. The molecule has 1 aromatic rings. The van der Waals surface area contributed by atoms with E-state index in [4.69, 9.17) is 10.5 Å². The summed E-state index contributed by atoms with van der Waals surface area (Å²) in [7, 11) is 0. The van der Waals surface area contributed by atoms with E-state index in [0.717, 1.165) is 4.90 Å². The lowest BCUT2D eigenvalue weighted by atomic mass is 10.2. The van der Waals surface area contributed by atoms with Crippen molar-refractivity contribution < 1.29 is 27.4 Å². The van der Waals surface area contributed by atoms with Gasteiger partial charge in [0.1, 0.15) is 19.1 Å². The number of nitrogens with two attached hydrogens (primary N) is 1. The van der Waals surface area contributed by atoms with Crippen molar-refractivity contribution in [2.45, 2.75) is 19.2 Å². The topological polar surface area (TPSA) is 64.8 Å². The van der Waals surface area contributed by atoms with Gasteiger partial charge in [-0.1, -0.05) is 0 Å². The zero-order valence-corrected chi connectivity index (χ0v) is 10.6. The third-order valence-corrected chi connectivity index (χ3v) is 2.68. The number of hydrogen-bond donors (Lipinski definition) is 1. The first-order chi connectivity index (χ1) is 9.28. The van der Waals surface area contributed by atoms with E-state index in [0.29, 0.717) is 17.1 Å². The fraction of sp³-hybridized carbons (Fsp3) is 0.417. The van der Waals surface area contributed by atoms with Gasteiger partial charge in [-0.05, 0) is 19.1 Å². The monoisotopic (exact) mass is 290 g/mol. The van der Waals surface area contributed by atoms with Crippen LogP contribution < -0.4 is 15.4 Å². The Morgan fingerprint density at radius 3 is 2.80 bits per heavy atom. The van der Waals surface area contributed by atoms with Crippen molar-refractivity contribution in [3.8, 4) is 5.75 Å². The van der Waals surface area contributed by atoms with Gasteiger partial charge in [0.2, 0.25) is 0 Å². The first-order valence-corrected chi connectivity index (χ1v) is 5.80. The van der Waals surface area contributed by atoms with Crippen molar-refractivity contribution in [1.29, 1.82) is 0 Å². The number of benzene rings is 1. The highest BCUT2D eigenvalue weighted by Crippen LogP contribution is 2.35. The summed E-state index contributed by atoms with van der Waals surface area (Å²) < 4.78 is 46.1. The molecule has 0 saturated heterocycles. The molecule has 1 amide bonds. The molecule has 2 N–H and O–H groups in total. The van der Waals surface area contributed by atoms with E-state index < -0.39 is 31.5 Å². The van der Waals surface area contributed by atoms with Crippen LogP contribution in [0.4, 0.5) is 24.5 Å². The Morgan fingerprint density at radius 1 is 1.45 bits per heavy atom. The van der Waals surface area contributed by atoms with Crippen LogP contribution in [0.3, 0.4) is 0 Å². The number of nitrogens with zero attached hydrogens (tertiary/aromatic N) is 1. The average molecular weight is 290 g/mol. The summed E-state index contributed by atoms with van der Waals surface area (Å²) in [5.41, 5.74) is 6.37. The van der Waals surface area contributed by atoms with Gasteiger partial charge in [-0.25, -0.2) is 0 Å². The SMILES string of the molecule is CC1Oc2cc(N)ccc2N(COCC(F)(F)F)C1=O. The van der Waals surface area contributed by atoms with Crippen LogP contribution in [-0.4, -0.2) is 31.5 Å². The molecule has 8 heteroatoms. The molecule has 0 fully saturated rings. The maximum atomic E-state index is 12.1. The fourth-order valence-corrected chi connectivity index (χ4v) is 1.81. The van der Waals surface area contributed by atoms with Gasteiger partial charge in [0.15, 0.2) is 6.10 Å². The molecular weight excluding hydrogens is 277 g/mol. The predicted octanol–water partition coefficient (Wildman–Crippen LogP) is 1.92. The predicted molar refractivity (Wildman–Crippen MR) is 65.3 cm³/mol. The third kappa shape index (κ3) is 3.13. The first-order valence-electron chi connectivity index (χ1n) is 5.80. The largest absolute Gasteiger partial charge is 0.479 e. The highest BCUT2D eigenvalue weighted by molar-refractivity contribution is 5.99. The van der Waals surface area contributed by atoms with E-state index in [1.807, 2.05) is 0 Å². The second-order valence-electron chi connectivity index (χ2n) is 4.35. The summed E-state index contributed by atoms with van der Waals surface area (Å²) in [4.78, 5) is 13.0. The summed E-state index contributed by atoms with van der Waals surface area (Å²) in [5.74, 6) is -0.128. The molecule has 1 aromatic carbocycles. The lowest BCUT2D eigenvalue weighted by Gasteiger charge is -2.32. The van der Waals surface area contributed by atoms with Gasteiger partial charge < -0.3 is 15.2 Å². The zero-order valence-electron chi connectivity index (χ0n) is 10.6. The molecule has 5 nitrogen and oxygen atoms in total. The number of amides is 1. The summed E-state index contributed by atoms with van der Waals surface area (Å²) >= 11 is 0. The molecule has 1 aliphatic rings. The molecular formula is C12H13F3N2O3. The van der Waals surface area contributed by atoms with Gasteiger partial charge in [0, 0.05) is 11.8 Å². The van der Waals surface area contributed by atoms with Crippen LogP contribution in [-0.2, 0) is 9.53 Å². The van der Waals surface area contributed by atoms with E-state index in [1.165, 1.54) is 25.1 Å². The third-order valence-electron chi connectivity index (χ3n) is 2.68. The molecule has 2 rings (SSSR count). The highest BCUT2D eigenvalue weighted by atomic mass is 19.4. The minimum atomic E-state index is -4.44. The molecule has 0 radical (unpaired) electrons. The average Bonchev–Trinajstić information content (AvgIpc) is 2.32. The summed E-state index contributed by atoms with van der Waals surface area (Å²) in [6.45, 7) is -0.412.